The van der Waals surface area contributed by atoms with Gasteiger partial charge in [-0.25, -0.2) is 0 Å². The molecule has 0 amide bonds. The molecule has 0 saturated carbocycles. The summed E-state index contributed by atoms with van der Waals surface area (Å²) in [6.45, 7) is 6.05. The molecule has 0 radical (unpaired) electrons. The van der Waals surface area contributed by atoms with Crippen molar-refractivity contribution in [3.63, 3.8) is 0 Å². The van der Waals surface area contributed by atoms with Gasteiger partial charge in [-0.1, -0.05) is 35.9 Å². The minimum Gasteiger partial charge on any atom is -0.497 e. The molecule has 0 aliphatic rings. The highest BCUT2D eigenvalue weighted by atomic mass is 35.5. The predicted molar refractivity (Wildman–Crippen MR) is 118 cm³/mol. The summed E-state index contributed by atoms with van der Waals surface area (Å²) in [5.74, 6) is 2.68. The summed E-state index contributed by atoms with van der Waals surface area (Å²) in [4.78, 5) is 0. The fourth-order valence-electron chi connectivity index (χ4n) is 2.33. The standard InChI is InChI=1S/C9H12O2.C8H10O.C7H7Cl/c1-7-6-8(10-2)4-5-9(7)11-3;1-7-4-3-5-8(6-7)9-2;1-6-3-2-4-7(8)5-6/h4-6H,1-3H3;3-6H,1-2H3;2-5H,1H3. The van der Waals surface area contributed by atoms with E-state index >= 15 is 0 Å². The van der Waals surface area contributed by atoms with Crippen LogP contribution in [-0.4, -0.2) is 21.3 Å². The Labute approximate surface area is 173 Å². The largest absolute Gasteiger partial charge is 0.497 e. The van der Waals surface area contributed by atoms with E-state index in [4.69, 9.17) is 25.8 Å². The number of hydrogen-bond donors (Lipinski definition) is 0. The summed E-state index contributed by atoms with van der Waals surface area (Å²) in [5.41, 5.74) is 3.53. The summed E-state index contributed by atoms with van der Waals surface area (Å²) in [6.07, 6.45) is 0. The van der Waals surface area contributed by atoms with Gasteiger partial charge in [-0.3, -0.25) is 0 Å². The lowest BCUT2D eigenvalue weighted by Crippen LogP contribution is -1.88. The lowest BCUT2D eigenvalue weighted by Gasteiger charge is -2.05. The molecule has 0 atom stereocenters. The maximum absolute atomic E-state index is 5.64. The molecular weight excluding hydrogens is 372 g/mol. The number of aryl methyl sites for hydroxylation is 3. The molecule has 4 heteroatoms. The van der Waals surface area contributed by atoms with Gasteiger partial charge in [-0.05, 0) is 79.9 Å². The summed E-state index contributed by atoms with van der Waals surface area (Å²) in [6, 6.07) is 21.4. The van der Waals surface area contributed by atoms with Gasteiger partial charge in [-0.2, -0.15) is 0 Å². The summed E-state index contributed by atoms with van der Waals surface area (Å²) < 4.78 is 15.1. The van der Waals surface area contributed by atoms with Crippen LogP contribution in [0.3, 0.4) is 0 Å². The first-order valence-electron chi connectivity index (χ1n) is 8.91. The number of rotatable bonds is 3. The Balaban J connectivity index is 0.000000213. The first-order chi connectivity index (χ1) is 13.4. The van der Waals surface area contributed by atoms with Crippen LogP contribution in [0.15, 0.2) is 66.7 Å². The fourth-order valence-corrected chi connectivity index (χ4v) is 2.57. The lowest BCUT2D eigenvalue weighted by molar-refractivity contribution is 0.400. The molecule has 0 spiro atoms. The fraction of sp³-hybridized carbons (Fsp3) is 0.250. The maximum Gasteiger partial charge on any atom is 0.122 e. The van der Waals surface area contributed by atoms with Crippen molar-refractivity contribution in [3.05, 3.63) is 88.4 Å². The molecule has 3 nitrogen and oxygen atoms in total. The molecule has 0 aliphatic carbocycles. The van der Waals surface area contributed by atoms with Gasteiger partial charge in [0.2, 0.25) is 0 Å². The number of halogens is 1. The van der Waals surface area contributed by atoms with Crippen LogP contribution in [0.5, 0.6) is 17.2 Å². The van der Waals surface area contributed by atoms with E-state index in [0.717, 1.165) is 27.8 Å². The first-order valence-corrected chi connectivity index (χ1v) is 9.28. The third-order valence-corrected chi connectivity index (χ3v) is 4.04. The predicted octanol–water partition coefficient (Wildman–Crippen LogP) is 6.66. The van der Waals surface area contributed by atoms with E-state index in [0.29, 0.717) is 0 Å². The van der Waals surface area contributed by atoms with E-state index in [-0.39, 0.29) is 0 Å². The van der Waals surface area contributed by atoms with Crippen molar-refractivity contribution < 1.29 is 14.2 Å². The monoisotopic (exact) mass is 400 g/mol. The molecule has 0 aromatic heterocycles. The molecule has 3 aromatic rings. The van der Waals surface area contributed by atoms with Crippen LogP contribution in [0.2, 0.25) is 5.02 Å². The van der Waals surface area contributed by atoms with Crippen molar-refractivity contribution >= 4 is 11.6 Å². The van der Waals surface area contributed by atoms with Crippen LogP contribution >= 0.6 is 11.6 Å². The lowest BCUT2D eigenvalue weighted by atomic mass is 10.2. The second-order valence-corrected chi connectivity index (χ2v) is 6.59. The van der Waals surface area contributed by atoms with E-state index in [9.17, 15) is 0 Å². The van der Waals surface area contributed by atoms with Crippen LogP contribution < -0.4 is 14.2 Å². The Bertz CT molecular complexity index is 830. The molecule has 0 saturated heterocycles. The van der Waals surface area contributed by atoms with Gasteiger partial charge in [0, 0.05) is 5.02 Å². The highest BCUT2D eigenvalue weighted by Gasteiger charge is 1.98. The quantitative estimate of drug-likeness (QED) is 0.491. The smallest absolute Gasteiger partial charge is 0.122 e. The van der Waals surface area contributed by atoms with Gasteiger partial charge in [0.15, 0.2) is 0 Å². The van der Waals surface area contributed by atoms with E-state index in [1.807, 2.05) is 87.5 Å². The molecule has 0 fully saturated rings. The van der Waals surface area contributed by atoms with Crippen LogP contribution in [0.25, 0.3) is 0 Å². The van der Waals surface area contributed by atoms with Gasteiger partial charge >= 0.3 is 0 Å². The average molecular weight is 401 g/mol. The normalized spacial score (nSPS) is 9.25. The van der Waals surface area contributed by atoms with E-state index in [1.54, 1.807) is 21.3 Å². The van der Waals surface area contributed by atoms with Crippen molar-refractivity contribution in [2.75, 3.05) is 21.3 Å². The zero-order valence-corrected chi connectivity index (χ0v) is 18.2. The Morgan fingerprint density at radius 1 is 0.607 bits per heavy atom. The van der Waals surface area contributed by atoms with Gasteiger partial charge in [-0.15, -0.1) is 0 Å². The highest BCUT2D eigenvalue weighted by Crippen LogP contribution is 2.22. The third-order valence-electron chi connectivity index (χ3n) is 3.81. The third kappa shape index (κ3) is 8.83. The number of ether oxygens (including phenoxy) is 3. The molecule has 0 heterocycles. The molecule has 28 heavy (non-hydrogen) atoms. The molecule has 0 unspecified atom stereocenters. The van der Waals surface area contributed by atoms with E-state index in [1.165, 1.54) is 11.1 Å². The second kappa shape index (κ2) is 12.7. The zero-order chi connectivity index (χ0) is 20.9. The molecule has 3 aromatic carbocycles. The number of hydrogen-bond acceptors (Lipinski definition) is 3. The van der Waals surface area contributed by atoms with Crippen molar-refractivity contribution in [2.24, 2.45) is 0 Å². The highest BCUT2D eigenvalue weighted by molar-refractivity contribution is 6.30. The van der Waals surface area contributed by atoms with Gasteiger partial charge in [0.25, 0.3) is 0 Å². The molecule has 0 bridgehead atoms. The van der Waals surface area contributed by atoms with Gasteiger partial charge in [0.05, 0.1) is 21.3 Å². The van der Waals surface area contributed by atoms with E-state index < -0.39 is 0 Å². The van der Waals surface area contributed by atoms with E-state index in [2.05, 4.69) is 0 Å². The molecule has 3 rings (SSSR count). The maximum atomic E-state index is 5.64. The second-order valence-electron chi connectivity index (χ2n) is 6.16. The van der Waals surface area contributed by atoms with Crippen LogP contribution in [0.1, 0.15) is 16.7 Å². The summed E-state index contributed by atoms with van der Waals surface area (Å²) in [5, 5.41) is 0.810. The molecule has 0 aliphatic heterocycles. The Kier molecular flexibility index (Phi) is 10.6. The van der Waals surface area contributed by atoms with Gasteiger partial charge in [0.1, 0.15) is 17.2 Å². The Morgan fingerprint density at radius 2 is 1.18 bits per heavy atom. The number of benzene rings is 3. The SMILES string of the molecule is COc1ccc(OC)c(C)c1.COc1cccc(C)c1.Cc1cccc(Cl)c1. The Morgan fingerprint density at radius 3 is 1.57 bits per heavy atom. The molecule has 0 N–H and O–H groups in total. The molecular formula is C24H29ClO3. The topological polar surface area (TPSA) is 27.7 Å². The van der Waals surface area contributed by atoms with Crippen LogP contribution in [0.4, 0.5) is 0 Å². The van der Waals surface area contributed by atoms with Crippen molar-refractivity contribution in [2.45, 2.75) is 20.8 Å². The van der Waals surface area contributed by atoms with Crippen LogP contribution in [-0.2, 0) is 0 Å². The van der Waals surface area contributed by atoms with Crippen molar-refractivity contribution in [1.29, 1.82) is 0 Å². The average Bonchev–Trinajstić information content (AvgIpc) is 2.68. The first kappa shape index (κ1) is 23.4. The Hall–Kier alpha value is -2.65. The number of methoxy groups -OCH3 is 3. The van der Waals surface area contributed by atoms with Crippen molar-refractivity contribution in [3.8, 4) is 17.2 Å². The minimum atomic E-state index is 0.810. The van der Waals surface area contributed by atoms with Gasteiger partial charge < -0.3 is 14.2 Å². The zero-order valence-electron chi connectivity index (χ0n) is 17.5. The summed E-state index contributed by atoms with van der Waals surface area (Å²) in [7, 11) is 4.99. The molecule has 150 valence electrons. The minimum absolute atomic E-state index is 0.810. The van der Waals surface area contributed by atoms with Crippen LogP contribution in [0, 0.1) is 20.8 Å². The van der Waals surface area contributed by atoms with Crippen molar-refractivity contribution in [1.82, 2.24) is 0 Å². The summed E-state index contributed by atoms with van der Waals surface area (Å²) >= 11 is 5.64.